The molecule has 0 spiro atoms. The Kier molecular flexibility index (Phi) is 4.81. The van der Waals surface area contributed by atoms with Crippen LogP contribution >= 0.6 is 23.2 Å². The van der Waals surface area contributed by atoms with Crippen LogP contribution in [0.25, 0.3) is 0 Å². The summed E-state index contributed by atoms with van der Waals surface area (Å²) >= 11 is 11.9. The van der Waals surface area contributed by atoms with Crippen LogP contribution in [-0.4, -0.2) is 11.7 Å². The van der Waals surface area contributed by atoms with Gasteiger partial charge in [0.05, 0.1) is 21.8 Å². The van der Waals surface area contributed by atoms with Crippen molar-refractivity contribution in [1.82, 2.24) is 0 Å². The van der Waals surface area contributed by atoms with Crippen LogP contribution in [-0.2, 0) is 0 Å². The normalized spacial score (nSPS) is 12.2. The molecule has 2 aromatic carbocycles. The highest BCUT2D eigenvalue weighted by atomic mass is 35.5. The van der Waals surface area contributed by atoms with Gasteiger partial charge < -0.3 is 10.4 Å². The third-order valence-corrected chi connectivity index (χ3v) is 3.39. The Hall–Kier alpha value is -1.36. The number of hydrogen-bond donors (Lipinski definition) is 2. The molecule has 0 bridgehead atoms. The third kappa shape index (κ3) is 3.39. The van der Waals surface area contributed by atoms with Gasteiger partial charge in [-0.1, -0.05) is 35.3 Å². The lowest BCUT2D eigenvalue weighted by Gasteiger charge is -2.15. The number of aliphatic hydroxyl groups excluding tert-OH is 1. The predicted octanol–water partition coefficient (Wildman–Crippen LogP) is 4.42. The standard InChI is InChI=1S/C14H11Cl2F2NO/c15-9-2-1-3-10(16)14(9)19-7-13(20)8-4-5-11(17)12(18)6-8/h1-6,13,19-20H,7H2. The summed E-state index contributed by atoms with van der Waals surface area (Å²) < 4.78 is 25.9. The molecule has 0 saturated carbocycles. The lowest BCUT2D eigenvalue weighted by Crippen LogP contribution is -2.13. The highest BCUT2D eigenvalue weighted by Gasteiger charge is 2.12. The van der Waals surface area contributed by atoms with E-state index in [0.717, 1.165) is 12.1 Å². The summed E-state index contributed by atoms with van der Waals surface area (Å²) in [5.41, 5.74) is 0.747. The zero-order chi connectivity index (χ0) is 14.7. The van der Waals surface area contributed by atoms with E-state index in [9.17, 15) is 13.9 Å². The number of anilines is 1. The molecule has 2 nitrogen and oxygen atoms in total. The van der Waals surface area contributed by atoms with Crippen molar-refractivity contribution < 1.29 is 13.9 Å². The van der Waals surface area contributed by atoms with Crippen molar-refractivity contribution in [2.45, 2.75) is 6.10 Å². The molecule has 0 amide bonds. The van der Waals surface area contributed by atoms with Crippen molar-refractivity contribution in [3.63, 3.8) is 0 Å². The highest BCUT2D eigenvalue weighted by Crippen LogP contribution is 2.30. The van der Waals surface area contributed by atoms with Gasteiger partial charge in [-0.05, 0) is 29.8 Å². The molecular weight excluding hydrogens is 307 g/mol. The average molecular weight is 318 g/mol. The van der Waals surface area contributed by atoms with Crippen molar-refractivity contribution in [2.75, 3.05) is 11.9 Å². The Bertz CT molecular complexity index is 602. The minimum absolute atomic E-state index is 0.0640. The fourth-order valence-corrected chi connectivity index (χ4v) is 2.23. The predicted molar refractivity (Wildman–Crippen MR) is 76.3 cm³/mol. The van der Waals surface area contributed by atoms with Gasteiger partial charge in [0.1, 0.15) is 0 Å². The van der Waals surface area contributed by atoms with Crippen LogP contribution in [0.2, 0.25) is 10.0 Å². The van der Waals surface area contributed by atoms with E-state index in [4.69, 9.17) is 23.2 Å². The monoisotopic (exact) mass is 317 g/mol. The summed E-state index contributed by atoms with van der Waals surface area (Å²) in [4.78, 5) is 0. The van der Waals surface area contributed by atoms with E-state index in [1.807, 2.05) is 0 Å². The van der Waals surface area contributed by atoms with E-state index in [1.165, 1.54) is 6.07 Å². The molecular formula is C14H11Cl2F2NO. The molecule has 6 heteroatoms. The molecule has 0 saturated heterocycles. The largest absolute Gasteiger partial charge is 0.387 e. The van der Waals surface area contributed by atoms with Crippen molar-refractivity contribution in [2.24, 2.45) is 0 Å². The topological polar surface area (TPSA) is 32.3 Å². The molecule has 0 aromatic heterocycles. The summed E-state index contributed by atoms with van der Waals surface area (Å²) in [6.07, 6.45) is -1.02. The molecule has 0 aliphatic rings. The fourth-order valence-electron chi connectivity index (χ4n) is 1.70. The zero-order valence-electron chi connectivity index (χ0n) is 10.2. The zero-order valence-corrected chi connectivity index (χ0v) is 11.7. The summed E-state index contributed by atoms with van der Waals surface area (Å²) in [5, 5.41) is 13.6. The summed E-state index contributed by atoms with van der Waals surface area (Å²) in [6, 6.07) is 8.24. The van der Waals surface area contributed by atoms with Crippen molar-refractivity contribution in [3.8, 4) is 0 Å². The number of halogens is 4. The Labute approximate surface area is 125 Å². The van der Waals surface area contributed by atoms with Gasteiger partial charge in [-0.3, -0.25) is 0 Å². The Balaban J connectivity index is 2.08. The Morgan fingerprint density at radius 3 is 2.30 bits per heavy atom. The summed E-state index contributed by atoms with van der Waals surface area (Å²) in [5.74, 6) is -1.96. The van der Waals surface area contributed by atoms with Gasteiger partial charge >= 0.3 is 0 Å². The fraction of sp³-hybridized carbons (Fsp3) is 0.143. The van der Waals surface area contributed by atoms with Gasteiger partial charge in [-0.2, -0.15) is 0 Å². The van der Waals surface area contributed by atoms with Crippen LogP contribution in [0.3, 0.4) is 0 Å². The molecule has 20 heavy (non-hydrogen) atoms. The van der Waals surface area contributed by atoms with Gasteiger partial charge in [-0.15, -0.1) is 0 Å². The quantitative estimate of drug-likeness (QED) is 0.875. The van der Waals surface area contributed by atoms with Crippen LogP contribution in [0.1, 0.15) is 11.7 Å². The molecule has 1 atom stereocenters. The van der Waals surface area contributed by atoms with E-state index >= 15 is 0 Å². The second-order valence-corrected chi connectivity index (χ2v) is 4.98. The first-order valence-electron chi connectivity index (χ1n) is 5.80. The molecule has 0 aliphatic carbocycles. The maximum atomic E-state index is 13.1. The van der Waals surface area contributed by atoms with E-state index in [1.54, 1.807) is 18.2 Å². The first-order chi connectivity index (χ1) is 9.49. The number of hydrogen-bond acceptors (Lipinski definition) is 2. The Morgan fingerprint density at radius 2 is 1.70 bits per heavy atom. The van der Waals surface area contributed by atoms with Crippen LogP contribution < -0.4 is 5.32 Å². The number of benzene rings is 2. The van der Waals surface area contributed by atoms with Crippen LogP contribution in [0.15, 0.2) is 36.4 Å². The maximum Gasteiger partial charge on any atom is 0.159 e. The van der Waals surface area contributed by atoms with Crippen LogP contribution in [0.4, 0.5) is 14.5 Å². The second kappa shape index (κ2) is 6.39. The molecule has 0 aliphatic heterocycles. The van der Waals surface area contributed by atoms with Gasteiger partial charge in [0.2, 0.25) is 0 Å². The van der Waals surface area contributed by atoms with Gasteiger partial charge in [-0.25, -0.2) is 8.78 Å². The van der Waals surface area contributed by atoms with Crippen molar-refractivity contribution >= 4 is 28.9 Å². The first kappa shape index (κ1) is 15.0. The van der Waals surface area contributed by atoms with Gasteiger partial charge in [0.15, 0.2) is 11.6 Å². The molecule has 2 N–H and O–H groups in total. The van der Waals surface area contributed by atoms with Crippen LogP contribution in [0, 0.1) is 11.6 Å². The minimum Gasteiger partial charge on any atom is -0.387 e. The van der Waals surface area contributed by atoms with Crippen molar-refractivity contribution in [3.05, 3.63) is 63.6 Å². The van der Waals surface area contributed by atoms with E-state index in [0.29, 0.717) is 15.7 Å². The van der Waals surface area contributed by atoms with E-state index < -0.39 is 17.7 Å². The van der Waals surface area contributed by atoms with Crippen molar-refractivity contribution in [1.29, 1.82) is 0 Å². The maximum absolute atomic E-state index is 13.1. The summed E-state index contributed by atoms with van der Waals surface area (Å²) in [6.45, 7) is 0.0640. The number of nitrogens with one attached hydrogen (secondary N) is 1. The number of aliphatic hydroxyl groups is 1. The lowest BCUT2D eigenvalue weighted by atomic mass is 10.1. The average Bonchev–Trinajstić information content (AvgIpc) is 2.41. The molecule has 2 aromatic rings. The molecule has 2 rings (SSSR count). The molecule has 0 heterocycles. The van der Waals surface area contributed by atoms with E-state index in [2.05, 4.69) is 5.32 Å². The number of rotatable bonds is 4. The smallest absolute Gasteiger partial charge is 0.159 e. The highest BCUT2D eigenvalue weighted by molar-refractivity contribution is 6.39. The summed E-state index contributed by atoms with van der Waals surface area (Å²) in [7, 11) is 0. The second-order valence-electron chi connectivity index (χ2n) is 4.17. The molecule has 0 radical (unpaired) electrons. The molecule has 0 fully saturated rings. The molecule has 106 valence electrons. The lowest BCUT2D eigenvalue weighted by molar-refractivity contribution is 0.191. The van der Waals surface area contributed by atoms with E-state index in [-0.39, 0.29) is 12.1 Å². The molecule has 1 unspecified atom stereocenters. The van der Waals surface area contributed by atoms with Gasteiger partial charge in [0.25, 0.3) is 0 Å². The Morgan fingerprint density at radius 1 is 1.05 bits per heavy atom. The van der Waals surface area contributed by atoms with Gasteiger partial charge in [0, 0.05) is 6.54 Å². The van der Waals surface area contributed by atoms with Crippen LogP contribution in [0.5, 0.6) is 0 Å². The first-order valence-corrected chi connectivity index (χ1v) is 6.55. The third-order valence-electron chi connectivity index (χ3n) is 2.76. The minimum atomic E-state index is -1.02. The number of para-hydroxylation sites is 1. The SMILES string of the molecule is OC(CNc1c(Cl)cccc1Cl)c1ccc(F)c(F)c1.